The van der Waals surface area contributed by atoms with E-state index in [9.17, 15) is 25.1 Å². The van der Waals surface area contributed by atoms with Gasteiger partial charge in [0.15, 0.2) is 0 Å². The Hall–Kier alpha value is -2.19. The minimum Gasteiger partial charge on any atom is -0.393 e. The first-order valence-corrected chi connectivity index (χ1v) is 6.39. The van der Waals surface area contributed by atoms with Gasteiger partial charge in [-0.05, 0) is 24.5 Å². The minimum atomic E-state index is -1.29. The first kappa shape index (κ1) is 16.9. The van der Waals surface area contributed by atoms with Crippen molar-refractivity contribution in [2.24, 2.45) is 0 Å². The summed E-state index contributed by atoms with van der Waals surface area (Å²) in [4.78, 5) is 21.0. The molecule has 1 rings (SSSR count). The van der Waals surface area contributed by atoms with E-state index in [1.54, 1.807) is 6.92 Å². The number of anilines is 1. The average molecular weight is 297 g/mol. The minimum absolute atomic E-state index is 0.0312. The number of nitrogens with zero attached hydrogens (tertiary/aromatic N) is 1. The number of amides is 1. The van der Waals surface area contributed by atoms with Gasteiger partial charge in [0.05, 0.1) is 11.0 Å². The molecule has 5 N–H and O–H groups in total. The molecule has 0 aliphatic rings. The van der Waals surface area contributed by atoms with Gasteiger partial charge in [-0.25, -0.2) is 0 Å². The molecule has 0 fully saturated rings. The molecule has 0 radical (unpaired) electrons. The molecular weight excluding hydrogens is 278 g/mol. The number of rotatable bonds is 6. The lowest BCUT2D eigenvalue weighted by Gasteiger charge is -2.19. The number of aliphatic hydroxyl groups excluding tert-OH is 2. The van der Waals surface area contributed by atoms with Gasteiger partial charge in [0.1, 0.15) is 11.8 Å². The van der Waals surface area contributed by atoms with E-state index in [0.717, 1.165) is 6.07 Å². The fourth-order valence-electron chi connectivity index (χ4n) is 1.90. The van der Waals surface area contributed by atoms with Crippen molar-refractivity contribution in [3.63, 3.8) is 0 Å². The summed E-state index contributed by atoms with van der Waals surface area (Å²) in [6.45, 7) is 3.13. The fourth-order valence-corrected chi connectivity index (χ4v) is 1.90. The molecule has 2 unspecified atom stereocenters. The summed E-state index contributed by atoms with van der Waals surface area (Å²) in [6, 6.07) is 2.64. The normalized spacial score (nSPS) is 13.5. The lowest BCUT2D eigenvalue weighted by molar-refractivity contribution is -0.384. The van der Waals surface area contributed by atoms with Gasteiger partial charge in [0.2, 0.25) is 5.91 Å². The Kier molecular flexibility index (Phi) is 5.62. The molecular formula is C13H19N3O5. The Bertz CT molecular complexity index is 547. The monoisotopic (exact) mass is 297 g/mol. The summed E-state index contributed by atoms with van der Waals surface area (Å²) in [7, 11) is 0. The fraction of sp³-hybridized carbons (Fsp3) is 0.462. The van der Waals surface area contributed by atoms with Crippen molar-refractivity contribution in [1.29, 1.82) is 0 Å². The van der Waals surface area contributed by atoms with Gasteiger partial charge in [-0.1, -0.05) is 6.07 Å². The van der Waals surface area contributed by atoms with Crippen molar-refractivity contribution in [3.8, 4) is 0 Å². The molecule has 0 aliphatic carbocycles. The van der Waals surface area contributed by atoms with Crippen LogP contribution in [0.25, 0.3) is 0 Å². The first-order valence-electron chi connectivity index (χ1n) is 6.39. The number of nitrogens with one attached hydrogen (secondary N) is 1. The number of aliphatic hydroxyl groups is 2. The Morgan fingerprint density at radius 3 is 2.62 bits per heavy atom. The Labute approximate surface area is 121 Å². The zero-order chi connectivity index (χ0) is 16.2. The van der Waals surface area contributed by atoms with Gasteiger partial charge < -0.3 is 21.3 Å². The van der Waals surface area contributed by atoms with Crippen LogP contribution in [0.2, 0.25) is 0 Å². The van der Waals surface area contributed by atoms with Crippen LogP contribution >= 0.6 is 0 Å². The average Bonchev–Trinajstić information content (AvgIpc) is 2.39. The summed E-state index contributed by atoms with van der Waals surface area (Å²) >= 11 is 0. The van der Waals surface area contributed by atoms with E-state index in [1.165, 1.54) is 13.0 Å². The van der Waals surface area contributed by atoms with Gasteiger partial charge in [0, 0.05) is 19.5 Å². The highest BCUT2D eigenvalue weighted by atomic mass is 16.6. The molecule has 1 aromatic carbocycles. The summed E-state index contributed by atoms with van der Waals surface area (Å²) in [5, 5.41) is 33.3. The third kappa shape index (κ3) is 4.40. The molecule has 0 saturated heterocycles. The smallest absolute Gasteiger partial charge is 0.292 e. The second kappa shape index (κ2) is 7.00. The summed E-state index contributed by atoms with van der Waals surface area (Å²) in [5.41, 5.74) is 6.00. The molecule has 2 atom stereocenters. The molecule has 8 heteroatoms. The number of hydrogen-bond donors (Lipinski definition) is 4. The molecule has 21 heavy (non-hydrogen) atoms. The Morgan fingerprint density at radius 1 is 1.48 bits per heavy atom. The maximum Gasteiger partial charge on any atom is 0.292 e. The summed E-state index contributed by atoms with van der Waals surface area (Å²) < 4.78 is 0. The molecule has 8 nitrogen and oxygen atoms in total. The lowest BCUT2D eigenvalue weighted by Crippen LogP contribution is -2.27. The van der Waals surface area contributed by atoms with E-state index in [1.807, 2.05) is 0 Å². The number of carbonyl (C=O) groups is 1. The van der Waals surface area contributed by atoms with Crippen molar-refractivity contribution in [2.45, 2.75) is 32.5 Å². The number of nitro benzene ring substituents is 1. The van der Waals surface area contributed by atoms with E-state index in [2.05, 4.69) is 5.32 Å². The Balaban J connectivity index is 2.89. The maximum atomic E-state index is 10.9. The number of nitrogen functional groups attached to an aromatic ring is 1. The summed E-state index contributed by atoms with van der Waals surface area (Å²) in [6.07, 6.45) is -2.32. The topological polar surface area (TPSA) is 139 Å². The molecule has 116 valence electrons. The molecule has 1 amide bonds. The second-order valence-corrected chi connectivity index (χ2v) is 4.81. The SMILES string of the molecule is CC(=O)NCCC(O)C(O)c1cc(C)c(N)c([N+](=O)[O-])c1. The van der Waals surface area contributed by atoms with Crippen LogP contribution in [-0.4, -0.2) is 33.7 Å². The maximum absolute atomic E-state index is 10.9. The Morgan fingerprint density at radius 2 is 2.10 bits per heavy atom. The lowest BCUT2D eigenvalue weighted by atomic mass is 9.98. The molecule has 0 spiro atoms. The van der Waals surface area contributed by atoms with Crippen LogP contribution in [0.3, 0.4) is 0 Å². The molecule has 0 heterocycles. The quantitative estimate of drug-likeness (QED) is 0.340. The van der Waals surface area contributed by atoms with Gasteiger partial charge >= 0.3 is 0 Å². The van der Waals surface area contributed by atoms with Gasteiger partial charge in [0.25, 0.3) is 5.69 Å². The van der Waals surface area contributed by atoms with Crippen molar-refractivity contribution in [3.05, 3.63) is 33.4 Å². The number of hydrogen-bond acceptors (Lipinski definition) is 6. The second-order valence-electron chi connectivity index (χ2n) is 4.81. The molecule has 0 saturated carbocycles. The van der Waals surface area contributed by atoms with Gasteiger partial charge in [-0.2, -0.15) is 0 Å². The van der Waals surface area contributed by atoms with E-state index in [4.69, 9.17) is 5.73 Å². The van der Waals surface area contributed by atoms with E-state index in [-0.39, 0.29) is 35.8 Å². The molecule has 0 aromatic heterocycles. The van der Waals surface area contributed by atoms with Crippen molar-refractivity contribution in [2.75, 3.05) is 12.3 Å². The van der Waals surface area contributed by atoms with Gasteiger partial charge in [-0.3, -0.25) is 14.9 Å². The van der Waals surface area contributed by atoms with Crippen LogP contribution in [0.5, 0.6) is 0 Å². The highest BCUT2D eigenvalue weighted by Crippen LogP contribution is 2.30. The number of benzene rings is 1. The van der Waals surface area contributed by atoms with Gasteiger partial charge in [-0.15, -0.1) is 0 Å². The zero-order valence-corrected chi connectivity index (χ0v) is 11.9. The van der Waals surface area contributed by atoms with Crippen molar-refractivity contribution in [1.82, 2.24) is 5.32 Å². The zero-order valence-electron chi connectivity index (χ0n) is 11.9. The highest BCUT2D eigenvalue weighted by molar-refractivity contribution is 5.72. The van der Waals surface area contributed by atoms with Crippen LogP contribution in [0.1, 0.15) is 30.6 Å². The summed E-state index contributed by atoms with van der Waals surface area (Å²) in [5.74, 6) is -0.240. The first-order chi connectivity index (χ1) is 9.73. The number of carbonyl (C=O) groups excluding carboxylic acids is 1. The van der Waals surface area contributed by atoms with Crippen molar-refractivity contribution < 1.29 is 19.9 Å². The van der Waals surface area contributed by atoms with E-state index >= 15 is 0 Å². The van der Waals surface area contributed by atoms with Crippen LogP contribution in [-0.2, 0) is 4.79 Å². The molecule has 0 aliphatic heterocycles. The van der Waals surface area contributed by atoms with E-state index < -0.39 is 17.1 Å². The van der Waals surface area contributed by atoms with Crippen LogP contribution in [0.15, 0.2) is 12.1 Å². The van der Waals surface area contributed by atoms with Crippen LogP contribution in [0.4, 0.5) is 11.4 Å². The molecule has 1 aromatic rings. The molecule has 0 bridgehead atoms. The van der Waals surface area contributed by atoms with Crippen molar-refractivity contribution >= 4 is 17.3 Å². The predicted molar refractivity (Wildman–Crippen MR) is 76.5 cm³/mol. The predicted octanol–water partition coefficient (Wildman–Crippen LogP) is 0.406. The number of nitrogens with two attached hydrogens (primary N) is 1. The highest BCUT2D eigenvalue weighted by Gasteiger charge is 2.23. The largest absolute Gasteiger partial charge is 0.393 e. The number of aryl methyl sites for hydroxylation is 1. The van der Waals surface area contributed by atoms with E-state index in [0.29, 0.717) is 5.56 Å². The number of nitro groups is 1. The third-order valence-corrected chi connectivity index (χ3v) is 3.10. The standard InChI is InChI=1S/C13H19N3O5/c1-7-5-9(6-10(12(7)14)16(20)21)13(19)11(18)3-4-15-8(2)17/h5-6,11,13,18-19H,3-4,14H2,1-2H3,(H,15,17). The third-order valence-electron chi connectivity index (χ3n) is 3.10. The van der Waals surface area contributed by atoms with Crippen LogP contribution < -0.4 is 11.1 Å². The van der Waals surface area contributed by atoms with Crippen LogP contribution in [0, 0.1) is 17.0 Å².